The molecule has 1 N–H and O–H groups in total. The van der Waals surface area contributed by atoms with Crippen molar-refractivity contribution in [2.75, 3.05) is 24.2 Å². The van der Waals surface area contributed by atoms with Crippen LogP contribution in [0.5, 0.6) is 5.75 Å². The summed E-state index contributed by atoms with van der Waals surface area (Å²) in [6.45, 7) is 6.95. The number of aryl methyl sites for hydroxylation is 1. The monoisotopic (exact) mass is 523 g/mol. The highest BCUT2D eigenvalue weighted by molar-refractivity contribution is 7.92. The Morgan fingerprint density at radius 3 is 2.23 bits per heavy atom. The van der Waals surface area contributed by atoms with E-state index in [1.807, 2.05) is 20.8 Å². The van der Waals surface area contributed by atoms with Crippen molar-refractivity contribution < 1.29 is 22.7 Å². The molecule has 0 saturated heterocycles. The van der Waals surface area contributed by atoms with E-state index in [1.165, 1.54) is 11.0 Å². The van der Waals surface area contributed by atoms with Crippen LogP contribution < -0.4 is 14.4 Å². The molecule has 0 saturated carbocycles. The van der Waals surface area contributed by atoms with Crippen molar-refractivity contribution in [1.29, 1.82) is 0 Å². The summed E-state index contributed by atoms with van der Waals surface area (Å²) in [6, 6.07) is 11.1. The number of sulfonamides is 1. The SMILES string of the molecule is CC[C@@H](C(=O)NC(C)C)N(Cc1ccc(OC)cc1)C(=O)CN(c1ccc(C)c(Cl)c1)S(C)(=O)=O. The number of carbonyl (C=O) groups is 2. The Bertz CT molecular complexity index is 1140. The van der Waals surface area contributed by atoms with E-state index >= 15 is 0 Å². The number of nitrogens with zero attached hydrogens (tertiary/aromatic N) is 2. The minimum Gasteiger partial charge on any atom is -0.497 e. The molecule has 2 aromatic rings. The Morgan fingerprint density at radius 1 is 1.11 bits per heavy atom. The molecule has 2 rings (SSSR count). The molecule has 2 aromatic carbocycles. The topological polar surface area (TPSA) is 96.0 Å². The van der Waals surface area contributed by atoms with E-state index < -0.39 is 28.5 Å². The predicted octanol–water partition coefficient (Wildman–Crippen LogP) is 3.76. The zero-order valence-corrected chi connectivity index (χ0v) is 22.6. The first-order valence-electron chi connectivity index (χ1n) is 11.3. The van der Waals surface area contributed by atoms with E-state index in [0.29, 0.717) is 17.2 Å². The molecule has 0 unspecified atom stereocenters. The molecule has 0 aliphatic rings. The normalized spacial score (nSPS) is 12.2. The van der Waals surface area contributed by atoms with E-state index in [9.17, 15) is 18.0 Å². The number of ether oxygens (including phenoxy) is 1. The number of hydrogen-bond donors (Lipinski definition) is 1. The van der Waals surface area contributed by atoms with E-state index in [-0.39, 0.29) is 24.2 Å². The van der Waals surface area contributed by atoms with Crippen LogP contribution in [0, 0.1) is 6.92 Å². The molecule has 0 aliphatic heterocycles. The summed E-state index contributed by atoms with van der Waals surface area (Å²) in [5.41, 5.74) is 1.84. The number of halogens is 1. The fraction of sp³-hybridized carbons (Fsp3) is 0.440. The highest BCUT2D eigenvalue weighted by Gasteiger charge is 2.32. The third kappa shape index (κ3) is 7.86. The fourth-order valence-electron chi connectivity index (χ4n) is 3.58. The van der Waals surface area contributed by atoms with Crippen LogP contribution in [0.2, 0.25) is 5.02 Å². The molecule has 35 heavy (non-hydrogen) atoms. The number of rotatable bonds is 11. The van der Waals surface area contributed by atoms with E-state index in [2.05, 4.69) is 5.32 Å². The molecule has 0 aliphatic carbocycles. The Balaban J connectivity index is 2.45. The quantitative estimate of drug-likeness (QED) is 0.484. The van der Waals surface area contributed by atoms with Crippen LogP contribution in [0.1, 0.15) is 38.3 Å². The van der Waals surface area contributed by atoms with Gasteiger partial charge in [0.25, 0.3) is 0 Å². The molecule has 192 valence electrons. The van der Waals surface area contributed by atoms with E-state index in [4.69, 9.17) is 16.3 Å². The highest BCUT2D eigenvalue weighted by atomic mass is 35.5. The Morgan fingerprint density at radius 2 is 1.74 bits per heavy atom. The summed E-state index contributed by atoms with van der Waals surface area (Å²) >= 11 is 6.22. The summed E-state index contributed by atoms with van der Waals surface area (Å²) in [4.78, 5) is 28.0. The van der Waals surface area contributed by atoms with Gasteiger partial charge in [-0.2, -0.15) is 0 Å². The van der Waals surface area contributed by atoms with Crippen molar-refractivity contribution in [1.82, 2.24) is 10.2 Å². The summed E-state index contributed by atoms with van der Waals surface area (Å²) < 4.78 is 31.5. The second kappa shape index (κ2) is 12.3. The summed E-state index contributed by atoms with van der Waals surface area (Å²) in [6.07, 6.45) is 1.39. The molecule has 2 amide bonds. The van der Waals surface area contributed by atoms with Gasteiger partial charge >= 0.3 is 0 Å². The summed E-state index contributed by atoms with van der Waals surface area (Å²) in [7, 11) is -2.26. The van der Waals surface area contributed by atoms with Crippen LogP contribution in [-0.2, 0) is 26.2 Å². The Hall–Kier alpha value is -2.78. The average Bonchev–Trinajstić information content (AvgIpc) is 2.78. The summed E-state index contributed by atoms with van der Waals surface area (Å²) in [5, 5.41) is 3.25. The van der Waals surface area contributed by atoms with Gasteiger partial charge in [0, 0.05) is 17.6 Å². The lowest BCUT2D eigenvalue weighted by Crippen LogP contribution is -2.53. The van der Waals surface area contributed by atoms with Crippen molar-refractivity contribution >= 4 is 39.1 Å². The molecule has 0 heterocycles. The Labute approximate surface area is 213 Å². The predicted molar refractivity (Wildman–Crippen MR) is 139 cm³/mol. The maximum atomic E-state index is 13.6. The first kappa shape index (κ1) is 28.5. The lowest BCUT2D eigenvalue weighted by atomic mass is 10.1. The van der Waals surface area contributed by atoms with Crippen LogP contribution in [-0.4, -0.2) is 57.1 Å². The van der Waals surface area contributed by atoms with E-state index in [1.54, 1.807) is 50.4 Å². The molecule has 0 aromatic heterocycles. The first-order chi connectivity index (χ1) is 16.4. The van der Waals surface area contributed by atoms with Crippen LogP contribution in [0.15, 0.2) is 42.5 Å². The number of benzene rings is 2. The maximum Gasteiger partial charge on any atom is 0.244 e. The second-order valence-electron chi connectivity index (χ2n) is 8.66. The zero-order valence-electron chi connectivity index (χ0n) is 21.0. The first-order valence-corrected chi connectivity index (χ1v) is 13.6. The van der Waals surface area contributed by atoms with Crippen molar-refractivity contribution in [2.45, 2.75) is 52.7 Å². The number of nitrogens with one attached hydrogen (secondary N) is 1. The van der Waals surface area contributed by atoms with Crippen LogP contribution in [0.3, 0.4) is 0 Å². The van der Waals surface area contributed by atoms with Crippen molar-refractivity contribution in [2.24, 2.45) is 0 Å². The minimum atomic E-state index is -3.82. The van der Waals surface area contributed by atoms with Gasteiger partial charge in [0.1, 0.15) is 18.3 Å². The van der Waals surface area contributed by atoms with Gasteiger partial charge in [-0.3, -0.25) is 13.9 Å². The number of hydrogen-bond acceptors (Lipinski definition) is 5. The average molecular weight is 524 g/mol. The molecule has 0 spiro atoms. The maximum absolute atomic E-state index is 13.6. The van der Waals surface area contributed by atoms with Crippen LogP contribution >= 0.6 is 11.6 Å². The number of amides is 2. The summed E-state index contributed by atoms with van der Waals surface area (Å²) in [5.74, 6) is -0.141. The minimum absolute atomic E-state index is 0.114. The van der Waals surface area contributed by atoms with Gasteiger partial charge in [0.2, 0.25) is 21.8 Å². The molecular formula is C25H34ClN3O5S. The third-order valence-corrected chi connectivity index (χ3v) is 7.00. The van der Waals surface area contributed by atoms with Crippen molar-refractivity contribution in [3.63, 3.8) is 0 Å². The van der Waals surface area contributed by atoms with Gasteiger partial charge in [-0.15, -0.1) is 0 Å². The molecule has 0 radical (unpaired) electrons. The third-order valence-electron chi connectivity index (χ3n) is 5.45. The second-order valence-corrected chi connectivity index (χ2v) is 11.0. The van der Waals surface area contributed by atoms with Crippen LogP contribution in [0.4, 0.5) is 5.69 Å². The van der Waals surface area contributed by atoms with Gasteiger partial charge < -0.3 is 15.0 Å². The van der Waals surface area contributed by atoms with Crippen molar-refractivity contribution in [3.8, 4) is 5.75 Å². The van der Waals surface area contributed by atoms with Gasteiger partial charge in [-0.05, 0) is 62.6 Å². The molecule has 0 fully saturated rings. The number of methoxy groups -OCH3 is 1. The lowest BCUT2D eigenvalue weighted by molar-refractivity contribution is -0.140. The fourth-order valence-corrected chi connectivity index (χ4v) is 4.59. The van der Waals surface area contributed by atoms with E-state index in [0.717, 1.165) is 21.7 Å². The largest absolute Gasteiger partial charge is 0.497 e. The van der Waals surface area contributed by atoms with Crippen molar-refractivity contribution in [3.05, 3.63) is 58.6 Å². The molecule has 8 nitrogen and oxygen atoms in total. The molecule has 10 heteroatoms. The molecular weight excluding hydrogens is 490 g/mol. The number of carbonyl (C=O) groups excluding carboxylic acids is 2. The Kier molecular flexibility index (Phi) is 9.97. The smallest absolute Gasteiger partial charge is 0.244 e. The molecule has 0 bridgehead atoms. The lowest BCUT2D eigenvalue weighted by Gasteiger charge is -2.33. The molecule has 1 atom stereocenters. The number of anilines is 1. The van der Waals surface area contributed by atoms with Gasteiger partial charge in [-0.25, -0.2) is 8.42 Å². The zero-order chi connectivity index (χ0) is 26.3. The standard InChI is InChI=1S/C25H34ClN3O5S/c1-7-23(25(31)27-17(2)3)28(15-19-9-12-21(34-5)13-10-19)24(30)16-29(35(6,32)33)20-11-8-18(4)22(26)14-20/h8-14,17,23H,7,15-16H2,1-6H3,(H,27,31)/t23-/m0/s1. The van der Waals surface area contributed by atoms with Crippen LogP contribution in [0.25, 0.3) is 0 Å². The van der Waals surface area contributed by atoms with Gasteiger partial charge in [-0.1, -0.05) is 36.7 Å². The van der Waals surface area contributed by atoms with Gasteiger partial charge in [0.05, 0.1) is 19.1 Å². The highest BCUT2D eigenvalue weighted by Crippen LogP contribution is 2.25. The van der Waals surface area contributed by atoms with Gasteiger partial charge in [0.15, 0.2) is 0 Å².